The van der Waals surface area contributed by atoms with E-state index in [4.69, 9.17) is 0 Å². The summed E-state index contributed by atoms with van der Waals surface area (Å²) in [5.41, 5.74) is -0.0164. The summed E-state index contributed by atoms with van der Waals surface area (Å²) in [6.45, 7) is 7.70. The molecule has 0 saturated heterocycles. The summed E-state index contributed by atoms with van der Waals surface area (Å²) >= 11 is 0. The number of nitrogens with one attached hydrogen (secondary N) is 1. The minimum absolute atomic E-state index is 0.0164. The molecule has 0 fully saturated rings. The van der Waals surface area contributed by atoms with Gasteiger partial charge in [0.25, 0.3) is 0 Å². The Bertz CT molecular complexity index is 187. The number of ether oxygens (including phenoxy) is 1. The highest BCUT2D eigenvalue weighted by Gasteiger charge is 2.27. The molecule has 5 heteroatoms. The van der Waals surface area contributed by atoms with Crippen molar-refractivity contribution in [3.8, 4) is 0 Å². The molecule has 0 aromatic heterocycles. The Labute approximate surface area is 95.5 Å². The lowest BCUT2D eigenvalue weighted by molar-refractivity contribution is -0.176. The average Bonchev–Trinajstić information content (AvgIpc) is 2.07. The molecule has 0 aliphatic rings. The maximum absolute atomic E-state index is 11.8. The maximum Gasteiger partial charge on any atom is 0.411 e. The van der Waals surface area contributed by atoms with Crippen molar-refractivity contribution >= 4 is 0 Å². The van der Waals surface area contributed by atoms with Crippen LogP contribution < -0.4 is 5.32 Å². The van der Waals surface area contributed by atoms with E-state index >= 15 is 0 Å². The quantitative estimate of drug-likeness (QED) is 0.772. The van der Waals surface area contributed by atoms with Gasteiger partial charge < -0.3 is 10.1 Å². The van der Waals surface area contributed by atoms with Gasteiger partial charge in [-0.2, -0.15) is 13.2 Å². The van der Waals surface area contributed by atoms with E-state index in [1.165, 1.54) is 0 Å². The molecule has 0 radical (unpaired) electrons. The molecular weight excluding hydrogens is 219 g/mol. The van der Waals surface area contributed by atoms with Crippen LogP contribution in [0.4, 0.5) is 13.2 Å². The van der Waals surface area contributed by atoms with Crippen molar-refractivity contribution in [2.75, 3.05) is 19.8 Å². The van der Waals surface area contributed by atoms with E-state index in [1.54, 1.807) is 0 Å². The first-order valence-corrected chi connectivity index (χ1v) is 5.53. The average molecular weight is 241 g/mol. The minimum Gasteiger partial charge on any atom is -0.372 e. The van der Waals surface area contributed by atoms with Crippen LogP contribution >= 0.6 is 0 Å². The fourth-order valence-corrected chi connectivity index (χ4v) is 1.11. The van der Waals surface area contributed by atoms with Gasteiger partial charge >= 0.3 is 6.18 Å². The number of rotatable bonds is 6. The van der Waals surface area contributed by atoms with E-state index in [2.05, 4.69) is 10.1 Å². The summed E-state index contributed by atoms with van der Waals surface area (Å²) in [6.07, 6.45) is -3.42. The van der Waals surface area contributed by atoms with Gasteiger partial charge in [0.05, 0.1) is 6.61 Å². The molecule has 0 aromatic rings. The highest BCUT2D eigenvalue weighted by Crippen LogP contribution is 2.15. The highest BCUT2D eigenvalue weighted by molar-refractivity contribution is 4.72. The Balaban J connectivity index is 3.76. The van der Waals surface area contributed by atoms with Crippen molar-refractivity contribution in [3.63, 3.8) is 0 Å². The molecule has 0 aliphatic heterocycles. The molecule has 0 bridgehead atoms. The first-order valence-electron chi connectivity index (χ1n) is 5.53. The normalized spacial score (nSPS) is 15.2. The predicted molar refractivity (Wildman–Crippen MR) is 58.4 cm³/mol. The van der Waals surface area contributed by atoms with Crippen molar-refractivity contribution in [2.24, 2.45) is 5.92 Å². The Morgan fingerprint density at radius 1 is 1.19 bits per heavy atom. The van der Waals surface area contributed by atoms with Gasteiger partial charge in [0.1, 0.15) is 6.61 Å². The lowest BCUT2D eigenvalue weighted by Crippen LogP contribution is -2.40. The zero-order valence-corrected chi connectivity index (χ0v) is 10.4. The van der Waals surface area contributed by atoms with Gasteiger partial charge in [-0.1, -0.05) is 6.92 Å². The van der Waals surface area contributed by atoms with Crippen LogP contribution in [0.5, 0.6) is 0 Å². The number of hydrogen-bond donors (Lipinski definition) is 1. The van der Waals surface area contributed by atoms with Crippen molar-refractivity contribution in [3.05, 3.63) is 0 Å². The lowest BCUT2D eigenvalue weighted by atomic mass is 10.0. The Morgan fingerprint density at radius 3 is 2.12 bits per heavy atom. The molecule has 0 aliphatic carbocycles. The minimum atomic E-state index is -4.23. The molecule has 1 unspecified atom stereocenters. The number of hydrogen-bond acceptors (Lipinski definition) is 2. The van der Waals surface area contributed by atoms with Crippen LogP contribution in [0.2, 0.25) is 0 Å². The number of halogens is 3. The molecule has 16 heavy (non-hydrogen) atoms. The van der Waals surface area contributed by atoms with E-state index in [0.29, 0.717) is 6.54 Å². The van der Waals surface area contributed by atoms with Crippen molar-refractivity contribution in [1.29, 1.82) is 0 Å². The van der Waals surface area contributed by atoms with Crippen LogP contribution in [-0.2, 0) is 4.74 Å². The summed E-state index contributed by atoms with van der Waals surface area (Å²) in [5.74, 6) is 0.126. The van der Waals surface area contributed by atoms with Crippen molar-refractivity contribution in [2.45, 2.75) is 45.8 Å². The molecule has 1 atom stereocenters. The van der Waals surface area contributed by atoms with E-state index in [-0.39, 0.29) is 18.1 Å². The van der Waals surface area contributed by atoms with Crippen molar-refractivity contribution in [1.82, 2.24) is 5.32 Å². The first-order chi connectivity index (χ1) is 7.14. The third-order valence-electron chi connectivity index (χ3n) is 2.12. The van der Waals surface area contributed by atoms with Crippen LogP contribution in [0.3, 0.4) is 0 Å². The first kappa shape index (κ1) is 15.7. The lowest BCUT2D eigenvalue weighted by Gasteiger charge is -2.24. The molecule has 98 valence electrons. The van der Waals surface area contributed by atoms with Gasteiger partial charge in [0.2, 0.25) is 0 Å². The van der Waals surface area contributed by atoms with Crippen LogP contribution in [0.1, 0.15) is 34.1 Å². The molecule has 0 aromatic carbocycles. The second-order valence-electron chi connectivity index (χ2n) is 5.04. The Hall–Kier alpha value is -0.290. The van der Waals surface area contributed by atoms with Crippen LogP contribution in [0.25, 0.3) is 0 Å². The van der Waals surface area contributed by atoms with E-state index in [1.807, 2.05) is 27.7 Å². The summed E-state index contributed by atoms with van der Waals surface area (Å²) < 4.78 is 40.2. The standard InChI is InChI=1S/C11H22F3NO/c1-5-9(6-15-10(2,3)4)7-16-8-11(12,13)14/h9,15H,5-8H2,1-4H3. The van der Waals surface area contributed by atoms with Crippen molar-refractivity contribution < 1.29 is 17.9 Å². The van der Waals surface area contributed by atoms with Gasteiger partial charge in [0.15, 0.2) is 0 Å². The topological polar surface area (TPSA) is 21.3 Å². The molecule has 2 nitrogen and oxygen atoms in total. The summed E-state index contributed by atoms with van der Waals surface area (Å²) in [7, 11) is 0. The van der Waals surface area contributed by atoms with Crippen LogP contribution in [-0.4, -0.2) is 31.5 Å². The number of alkyl halides is 3. The third kappa shape index (κ3) is 10.2. The maximum atomic E-state index is 11.8. The summed E-state index contributed by atoms with van der Waals surface area (Å²) in [4.78, 5) is 0. The fraction of sp³-hybridized carbons (Fsp3) is 1.00. The van der Waals surface area contributed by atoms with E-state index < -0.39 is 12.8 Å². The second-order valence-corrected chi connectivity index (χ2v) is 5.04. The largest absolute Gasteiger partial charge is 0.411 e. The second kappa shape index (κ2) is 6.45. The smallest absolute Gasteiger partial charge is 0.372 e. The van der Waals surface area contributed by atoms with E-state index in [0.717, 1.165) is 6.42 Å². The summed E-state index contributed by atoms with van der Waals surface area (Å²) in [6, 6.07) is 0. The van der Waals surface area contributed by atoms with Gasteiger partial charge in [0, 0.05) is 12.1 Å². The monoisotopic (exact) mass is 241 g/mol. The molecule has 0 heterocycles. The Kier molecular flexibility index (Phi) is 6.33. The van der Waals surface area contributed by atoms with Gasteiger partial charge in [-0.15, -0.1) is 0 Å². The van der Waals surface area contributed by atoms with Crippen LogP contribution in [0, 0.1) is 5.92 Å². The van der Waals surface area contributed by atoms with Crippen LogP contribution in [0.15, 0.2) is 0 Å². The Morgan fingerprint density at radius 2 is 1.75 bits per heavy atom. The van der Waals surface area contributed by atoms with Gasteiger partial charge in [-0.3, -0.25) is 0 Å². The molecule has 0 amide bonds. The fourth-order valence-electron chi connectivity index (χ4n) is 1.11. The van der Waals surface area contributed by atoms with E-state index in [9.17, 15) is 13.2 Å². The molecule has 0 saturated carbocycles. The van der Waals surface area contributed by atoms with Gasteiger partial charge in [-0.05, 0) is 33.1 Å². The predicted octanol–water partition coefficient (Wildman–Crippen LogP) is 2.98. The summed E-state index contributed by atoms with van der Waals surface area (Å²) in [5, 5.41) is 3.26. The molecule has 0 rings (SSSR count). The third-order valence-corrected chi connectivity index (χ3v) is 2.12. The zero-order valence-electron chi connectivity index (χ0n) is 10.4. The molecule has 0 spiro atoms. The molecule has 1 N–H and O–H groups in total. The SMILES string of the molecule is CCC(CNC(C)(C)C)COCC(F)(F)F. The zero-order chi connectivity index (χ0) is 12.8. The highest BCUT2D eigenvalue weighted by atomic mass is 19.4. The van der Waals surface area contributed by atoms with Gasteiger partial charge in [-0.25, -0.2) is 0 Å². The molecular formula is C11H22F3NO.